The zero-order chi connectivity index (χ0) is 15.1. The third-order valence-electron chi connectivity index (χ3n) is 2.67. The van der Waals surface area contributed by atoms with Gasteiger partial charge in [0.2, 0.25) is 5.88 Å². The Hall–Kier alpha value is -2.69. The lowest BCUT2D eigenvalue weighted by Crippen LogP contribution is -2.03. The van der Waals surface area contributed by atoms with Crippen LogP contribution in [0.4, 0.5) is 4.39 Å². The Bertz CT molecular complexity index is 655. The van der Waals surface area contributed by atoms with E-state index < -0.39 is 5.97 Å². The quantitative estimate of drug-likeness (QED) is 0.626. The van der Waals surface area contributed by atoms with Crippen molar-refractivity contribution >= 4 is 12.0 Å². The van der Waals surface area contributed by atoms with Crippen molar-refractivity contribution in [2.75, 3.05) is 7.11 Å². The fourth-order valence-corrected chi connectivity index (χ4v) is 1.69. The molecule has 21 heavy (non-hydrogen) atoms. The summed E-state index contributed by atoms with van der Waals surface area (Å²) in [6.07, 6.45) is 4.33. The Kier molecular flexibility index (Phi) is 5.04. The van der Waals surface area contributed by atoms with Crippen LogP contribution in [0.15, 0.2) is 48.7 Å². The first kappa shape index (κ1) is 14.7. The second-order valence-corrected chi connectivity index (χ2v) is 4.17. The molecule has 1 heterocycles. The molecule has 0 radical (unpaired) electrons. The molecule has 108 valence electrons. The van der Waals surface area contributed by atoms with Gasteiger partial charge in [-0.05, 0) is 35.9 Å². The maximum Gasteiger partial charge on any atom is 0.331 e. The van der Waals surface area contributed by atoms with Crippen LogP contribution in [-0.2, 0) is 16.1 Å². The van der Waals surface area contributed by atoms with E-state index >= 15 is 0 Å². The van der Waals surface area contributed by atoms with E-state index in [0.717, 1.165) is 0 Å². The number of carbonyl (C=O) groups excluding carboxylic acids is 1. The normalized spacial score (nSPS) is 10.6. The van der Waals surface area contributed by atoms with Crippen LogP contribution >= 0.6 is 0 Å². The molecule has 4 nitrogen and oxygen atoms in total. The summed E-state index contributed by atoms with van der Waals surface area (Å²) in [7, 11) is 1.50. The zero-order valence-electron chi connectivity index (χ0n) is 11.5. The molecule has 0 bridgehead atoms. The van der Waals surface area contributed by atoms with Gasteiger partial charge < -0.3 is 9.47 Å². The Balaban J connectivity index is 1.93. The van der Waals surface area contributed by atoms with Crippen LogP contribution in [0.1, 0.15) is 11.1 Å². The minimum Gasteiger partial charge on any atom is -0.481 e. The monoisotopic (exact) mass is 287 g/mol. The molecule has 1 aromatic heterocycles. The highest BCUT2D eigenvalue weighted by atomic mass is 19.1. The predicted molar refractivity (Wildman–Crippen MR) is 76.0 cm³/mol. The number of rotatable bonds is 5. The van der Waals surface area contributed by atoms with Gasteiger partial charge in [-0.2, -0.15) is 0 Å². The molecule has 2 aromatic rings. The zero-order valence-corrected chi connectivity index (χ0v) is 11.5. The summed E-state index contributed by atoms with van der Waals surface area (Å²) in [5, 5.41) is 0. The van der Waals surface area contributed by atoms with Gasteiger partial charge in [-0.15, -0.1) is 0 Å². The average Bonchev–Trinajstić information content (AvgIpc) is 2.51. The largest absolute Gasteiger partial charge is 0.481 e. The second-order valence-electron chi connectivity index (χ2n) is 4.17. The van der Waals surface area contributed by atoms with Crippen LogP contribution in [0, 0.1) is 5.82 Å². The molecule has 0 amide bonds. The minimum absolute atomic E-state index is 0.0589. The van der Waals surface area contributed by atoms with Crippen molar-refractivity contribution in [2.45, 2.75) is 6.61 Å². The summed E-state index contributed by atoms with van der Waals surface area (Å²) in [5.41, 5.74) is 1.26. The van der Waals surface area contributed by atoms with E-state index in [9.17, 15) is 9.18 Å². The summed E-state index contributed by atoms with van der Waals surface area (Å²) >= 11 is 0. The van der Waals surface area contributed by atoms with Crippen molar-refractivity contribution in [3.63, 3.8) is 0 Å². The lowest BCUT2D eigenvalue weighted by Gasteiger charge is -2.06. The van der Waals surface area contributed by atoms with E-state index in [4.69, 9.17) is 9.47 Å². The highest BCUT2D eigenvalue weighted by molar-refractivity contribution is 5.87. The van der Waals surface area contributed by atoms with Gasteiger partial charge in [0.15, 0.2) is 0 Å². The van der Waals surface area contributed by atoms with Crippen LogP contribution in [0.25, 0.3) is 6.08 Å². The molecule has 0 aliphatic carbocycles. The second kappa shape index (κ2) is 7.19. The van der Waals surface area contributed by atoms with Crippen LogP contribution in [0.3, 0.4) is 0 Å². The van der Waals surface area contributed by atoms with Crippen molar-refractivity contribution in [3.05, 3.63) is 65.6 Å². The number of ether oxygens (including phenoxy) is 2. The standard InChI is InChI=1S/C16H14FNO3/c1-20-16-13(5-3-9-18-16)11-21-15(19)8-7-12-4-2-6-14(17)10-12/h2-10H,11H2,1H3/b8-7+. The molecule has 0 fully saturated rings. The van der Waals surface area contributed by atoms with E-state index in [1.165, 1.54) is 31.4 Å². The number of carbonyl (C=O) groups is 1. The molecule has 0 saturated heterocycles. The molecule has 0 aliphatic heterocycles. The molecule has 0 atom stereocenters. The SMILES string of the molecule is COc1ncccc1COC(=O)/C=C/c1cccc(F)c1. The molecule has 0 N–H and O–H groups in total. The average molecular weight is 287 g/mol. The fraction of sp³-hybridized carbons (Fsp3) is 0.125. The van der Waals surface area contributed by atoms with Gasteiger partial charge in [-0.25, -0.2) is 14.2 Å². The molecule has 0 saturated carbocycles. The number of benzene rings is 1. The van der Waals surface area contributed by atoms with Gasteiger partial charge in [-0.1, -0.05) is 12.1 Å². The highest BCUT2D eigenvalue weighted by Crippen LogP contribution is 2.14. The van der Waals surface area contributed by atoms with Gasteiger partial charge in [0, 0.05) is 12.3 Å². The van der Waals surface area contributed by atoms with Crippen molar-refractivity contribution in [1.29, 1.82) is 0 Å². The molecule has 5 heteroatoms. The highest BCUT2D eigenvalue weighted by Gasteiger charge is 2.05. The molecular weight excluding hydrogens is 273 g/mol. The summed E-state index contributed by atoms with van der Waals surface area (Å²) in [5.74, 6) is -0.463. The number of esters is 1. The Labute approximate surface area is 121 Å². The maximum atomic E-state index is 13.0. The van der Waals surface area contributed by atoms with Gasteiger partial charge >= 0.3 is 5.97 Å². The number of methoxy groups -OCH3 is 1. The predicted octanol–water partition coefficient (Wildman–Crippen LogP) is 2.99. The van der Waals surface area contributed by atoms with Crippen molar-refractivity contribution < 1.29 is 18.7 Å². The van der Waals surface area contributed by atoms with Gasteiger partial charge in [-0.3, -0.25) is 0 Å². The number of nitrogens with zero attached hydrogens (tertiary/aromatic N) is 1. The van der Waals surface area contributed by atoms with Crippen LogP contribution < -0.4 is 4.74 Å². The first-order valence-corrected chi connectivity index (χ1v) is 6.27. The lowest BCUT2D eigenvalue weighted by molar-refractivity contribution is -0.138. The maximum absolute atomic E-state index is 13.0. The molecule has 0 spiro atoms. The van der Waals surface area contributed by atoms with Crippen molar-refractivity contribution in [1.82, 2.24) is 4.98 Å². The van der Waals surface area contributed by atoms with Crippen LogP contribution in [-0.4, -0.2) is 18.1 Å². The van der Waals surface area contributed by atoms with Crippen LogP contribution in [0.2, 0.25) is 0 Å². The summed E-state index contributed by atoms with van der Waals surface area (Å²) in [4.78, 5) is 15.6. The molecular formula is C16H14FNO3. The Morgan fingerprint density at radius 2 is 2.19 bits per heavy atom. The third-order valence-corrected chi connectivity index (χ3v) is 2.67. The summed E-state index contributed by atoms with van der Waals surface area (Å²) < 4.78 is 23.1. The topological polar surface area (TPSA) is 48.4 Å². The number of halogens is 1. The molecule has 1 aromatic carbocycles. The van der Waals surface area contributed by atoms with Gasteiger partial charge in [0.05, 0.1) is 12.7 Å². The fourth-order valence-electron chi connectivity index (χ4n) is 1.69. The van der Waals surface area contributed by atoms with E-state index in [-0.39, 0.29) is 12.4 Å². The molecule has 0 unspecified atom stereocenters. The summed E-state index contributed by atoms with van der Waals surface area (Å²) in [6.45, 7) is 0.0589. The summed E-state index contributed by atoms with van der Waals surface area (Å²) in [6, 6.07) is 9.42. The number of aromatic nitrogens is 1. The van der Waals surface area contributed by atoms with Crippen molar-refractivity contribution in [3.8, 4) is 5.88 Å². The number of hydrogen-bond acceptors (Lipinski definition) is 4. The number of pyridine rings is 1. The number of hydrogen-bond donors (Lipinski definition) is 0. The van der Waals surface area contributed by atoms with E-state index in [1.54, 1.807) is 30.5 Å². The van der Waals surface area contributed by atoms with Gasteiger partial charge in [0.1, 0.15) is 12.4 Å². The van der Waals surface area contributed by atoms with E-state index in [1.807, 2.05) is 0 Å². The van der Waals surface area contributed by atoms with E-state index in [0.29, 0.717) is 17.0 Å². The third kappa shape index (κ3) is 4.42. The van der Waals surface area contributed by atoms with Crippen LogP contribution in [0.5, 0.6) is 5.88 Å². The molecule has 0 aliphatic rings. The van der Waals surface area contributed by atoms with Crippen molar-refractivity contribution in [2.24, 2.45) is 0 Å². The first-order chi connectivity index (χ1) is 10.2. The van der Waals surface area contributed by atoms with Gasteiger partial charge in [0.25, 0.3) is 0 Å². The Morgan fingerprint density at radius 3 is 2.95 bits per heavy atom. The Morgan fingerprint density at radius 1 is 1.33 bits per heavy atom. The smallest absolute Gasteiger partial charge is 0.331 e. The molecule has 2 rings (SSSR count). The lowest BCUT2D eigenvalue weighted by atomic mass is 10.2. The minimum atomic E-state index is -0.523. The first-order valence-electron chi connectivity index (χ1n) is 6.27. The van der Waals surface area contributed by atoms with E-state index in [2.05, 4.69) is 4.98 Å².